The molecule has 5 heteroatoms. The van der Waals surface area contributed by atoms with E-state index in [9.17, 15) is 9.18 Å². The highest BCUT2D eigenvalue weighted by atomic mass is 19.1. The molecule has 0 amide bonds. The smallest absolute Gasteiger partial charge is 0.227 e. The first-order chi connectivity index (χ1) is 9.85. The minimum Gasteiger partial charge on any atom is -0.470 e. The van der Waals surface area contributed by atoms with Crippen LogP contribution in [0.4, 0.5) is 4.39 Å². The van der Waals surface area contributed by atoms with Gasteiger partial charge in [-0.3, -0.25) is 4.79 Å². The molecule has 108 valence electrons. The molecular formula is C15H17FO4. The van der Waals surface area contributed by atoms with Gasteiger partial charge in [0.05, 0.1) is 18.4 Å². The lowest BCUT2D eigenvalue weighted by Gasteiger charge is -2.24. The molecule has 1 aliphatic rings. The molecule has 0 aromatic heterocycles. The average molecular weight is 280 g/mol. The third kappa shape index (κ3) is 3.81. The summed E-state index contributed by atoms with van der Waals surface area (Å²) in [6.45, 7) is -0.305. The second-order valence-electron chi connectivity index (χ2n) is 4.38. The predicted molar refractivity (Wildman–Crippen MR) is 71.8 cm³/mol. The van der Waals surface area contributed by atoms with E-state index in [1.54, 1.807) is 24.3 Å². The maximum Gasteiger partial charge on any atom is 0.227 e. The van der Waals surface area contributed by atoms with Crippen LogP contribution in [0.5, 0.6) is 5.75 Å². The molecular weight excluding hydrogens is 263 g/mol. The second kappa shape index (κ2) is 7.65. The maximum absolute atomic E-state index is 12.0. The summed E-state index contributed by atoms with van der Waals surface area (Å²) in [5.41, 5.74) is 0.791. The highest BCUT2D eigenvalue weighted by Crippen LogP contribution is 2.27. The third-order valence-electron chi connectivity index (χ3n) is 2.99. The van der Waals surface area contributed by atoms with Crippen LogP contribution in [0.1, 0.15) is 24.8 Å². The van der Waals surface area contributed by atoms with E-state index >= 15 is 0 Å². The van der Waals surface area contributed by atoms with Crippen molar-refractivity contribution in [1.29, 1.82) is 0 Å². The molecule has 1 aromatic rings. The van der Waals surface area contributed by atoms with Crippen LogP contribution in [-0.4, -0.2) is 26.0 Å². The van der Waals surface area contributed by atoms with Crippen LogP contribution in [0.15, 0.2) is 30.5 Å². The lowest BCUT2D eigenvalue weighted by Crippen LogP contribution is -2.25. The molecule has 2 rings (SSSR count). The number of rotatable bonds is 6. The molecule has 0 N–H and O–H groups in total. The molecule has 0 radical (unpaired) electrons. The molecule has 20 heavy (non-hydrogen) atoms. The van der Waals surface area contributed by atoms with E-state index in [2.05, 4.69) is 4.74 Å². The molecule has 0 bridgehead atoms. The summed E-state index contributed by atoms with van der Waals surface area (Å²) in [5, 5.41) is 0. The average Bonchev–Trinajstić information content (AvgIpc) is 2.50. The first kappa shape index (κ1) is 14.5. The predicted octanol–water partition coefficient (Wildman–Crippen LogP) is 3.08. The van der Waals surface area contributed by atoms with Gasteiger partial charge in [-0.15, -0.1) is 0 Å². The Morgan fingerprint density at radius 2 is 2.25 bits per heavy atom. The standard InChI is InChI=1S/C15H17FO4/c16-11-18-10-12(9-17)13-5-1-2-6-14(13)20-15-7-3-4-8-19-15/h1-2,5-6,9-10,15H,3-4,7-8,11H2. The van der Waals surface area contributed by atoms with Gasteiger partial charge in [0, 0.05) is 12.0 Å². The summed E-state index contributed by atoms with van der Waals surface area (Å²) in [5.74, 6) is 0.528. The Balaban J connectivity index is 2.18. The molecule has 1 fully saturated rings. The normalized spacial score (nSPS) is 19.4. The molecule has 1 unspecified atom stereocenters. The number of benzene rings is 1. The largest absolute Gasteiger partial charge is 0.470 e. The monoisotopic (exact) mass is 280 g/mol. The van der Waals surface area contributed by atoms with Gasteiger partial charge in [0.2, 0.25) is 6.86 Å². The SMILES string of the molecule is O=CC(=COCF)c1ccccc1OC1CCCCO1. The van der Waals surface area contributed by atoms with Crippen molar-refractivity contribution in [2.24, 2.45) is 0 Å². The van der Waals surface area contributed by atoms with Gasteiger partial charge in [0.15, 0.2) is 12.6 Å². The number of hydrogen-bond donors (Lipinski definition) is 0. The van der Waals surface area contributed by atoms with Crippen LogP contribution in [0.2, 0.25) is 0 Å². The Bertz CT molecular complexity index is 467. The number of carbonyl (C=O) groups excluding carboxylic acids is 1. The van der Waals surface area contributed by atoms with E-state index in [1.807, 2.05) is 0 Å². The quantitative estimate of drug-likeness (QED) is 0.456. The van der Waals surface area contributed by atoms with E-state index < -0.39 is 6.86 Å². The first-order valence-corrected chi connectivity index (χ1v) is 6.55. The first-order valence-electron chi connectivity index (χ1n) is 6.55. The van der Waals surface area contributed by atoms with Crippen LogP contribution in [0.25, 0.3) is 5.57 Å². The number of para-hydroxylation sites is 1. The molecule has 1 heterocycles. The molecule has 1 saturated heterocycles. The Morgan fingerprint density at radius 1 is 1.40 bits per heavy atom. The van der Waals surface area contributed by atoms with Gasteiger partial charge < -0.3 is 14.2 Å². The molecule has 0 saturated carbocycles. The van der Waals surface area contributed by atoms with E-state index in [0.717, 1.165) is 25.5 Å². The van der Waals surface area contributed by atoms with Crippen molar-refractivity contribution in [1.82, 2.24) is 0 Å². The van der Waals surface area contributed by atoms with Gasteiger partial charge in [-0.2, -0.15) is 0 Å². The summed E-state index contributed by atoms with van der Waals surface area (Å²) in [7, 11) is 0. The van der Waals surface area contributed by atoms with Gasteiger partial charge in [-0.25, -0.2) is 4.39 Å². The number of aldehydes is 1. The van der Waals surface area contributed by atoms with Crippen molar-refractivity contribution in [3.8, 4) is 5.75 Å². The van der Waals surface area contributed by atoms with Gasteiger partial charge in [-0.05, 0) is 18.9 Å². The topological polar surface area (TPSA) is 44.8 Å². The van der Waals surface area contributed by atoms with E-state index in [-0.39, 0.29) is 11.9 Å². The Labute approximate surface area is 117 Å². The summed E-state index contributed by atoms with van der Waals surface area (Å²) in [4.78, 5) is 11.1. The van der Waals surface area contributed by atoms with E-state index in [0.29, 0.717) is 24.2 Å². The second-order valence-corrected chi connectivity index (χ2v) is 4.38. The number of hydrogen-bond acceptors (Lipinski definition) is 4. The fraction of sp³-hybridized carbons (Fsp3) is 0.400. The number of carbonyl (C=O) groups is 1. The maximum atomic E-state index is 12.0. The highest BCUT2D eigenvalue weighted by Gasteiger charge is 2.17. The summed E-state index contributed by atoms with van der Waals surface area (Å²) in [6, 6.07) is 7.05. The summed E-state index contributed by atoms with van der Waals surface area (Å²) in [6.07, 6.45) is 4.30. The van der Waals surface area contributed by atoms with E-state index in [1.165, 1.54) is 0 Å². The zero-order chi connectivity index (χ0) is 14.2. The zero-order valence-corrected chi connectivity index (χ0v) is 11.1. The van der Waals surface area contributed by atoms with Crippen molar-refractivity contribution in [2.45, 2.75) is 25.6 Å². The molecule has 4 nitrogen and oxygen atoms in total. The molecule has 0 spiro atoms. The zero-order valence-electron chi connectivity index (χ0n) is 11.1. The Kier molecular flexibility index (Phi) is 5.55. The fourth-order valence-electron chi connectivity index (χ4n) is 2.03. The molecule has 0 aliphatic carbocycles. The molecule has 1 aromatic carbocycles. The third-order valence-corrected chi connectivity index (χ3v) is 2.99. The Morgan fingerprint density at radius 3 is 2.95 bits per heavy atom. The minimum absolute atomic E-state index is 0.231. The van der Waals surface area contributed by atoms with Gasteiger partial charge in [0.25, 0.3) is 0 Å². The van der Waals surface area contributed by atoms with Gasteiger partial charge in [-0.1, -0.05) is 18.2 Å². The minimum atomic E-state index is -0.980. The van der Waals surface area contributed by atoms with Crippen LogP contribution in [0, 0.1) is 0 Å². The van der Waals surface area contributed by atoms with Crippen molar-refractivity contribution >= 4 is 11.9 Å². The molecule has 1 atom stereocenters. The van der Waals surface area contributed by atoms with Crippen molar-refractivity contribution < 1.29 is 23.4 Å². The van der Waals surface area contributed by atoms with Crippen molar-refractivity contribution in [2.75, 3.05) is 13.5 Å². The number of alkyl halides is 1. The van der Waals surface area contributed by atoms with Gasteiger partial charge >= 0.3 is 0 Å². The lowest BCUT2D eigenvalue weighted by atomic mass is 10.1. The highest BCUT2D eigenvalue weighted by molar-refractivity contribution is 6.07. The summed E-state index contributed by atoms with van der Waals surface area (Å²) < 4.78 is 27.9. The Hall–Kier alpha value is -1.88. The van der Waals surface area contributed by atoms with Crippen LogP contribution < -0.4 is 4.74 Å². The lowest BCUT2D eigenvalue weighted by molar-refractivity contribution is -0.106. The van der Waals surface area contributed by atoms with Crippen LogP contribution in [-0.2, 0) is 14.3 Å². The fourth-order valence-corrected chi connectivity index (χ4v) is 2.03. The molecule has 1 aliphatic heterocycles. The number of halogens is 1. The number of ether oxygens (including phenoxy) is 3. The van der Waals surface area contributed by atoms with Crippen molar-refractivity contribution in [3.05, 3.63) is 36.1 Å². The van der Waals surface area contributed by atoms with Crippen molar-refractivity contribution in [3.63, 3.8) is 0 Å². The summed E-state index contributed by atoms with van der Waals surface area (Å²) >= 11 is 0. The van der Waals surface area contributed by atoms with Gasteiger partial charge in [0.1, 0.15) is 5.75 Å². The number of allylic oxidation sites excluding steroid dienone is 1. The van der Waals surface area contributed by atoms with Crippen LogP contribution >= 0.6 is 0 Å². The van der Waals surface area contributed by atoms with E-state index in [4.69, 9.17) is 9.47 Å². The van der Waals surface area contributed by atoms with Crippen LogP contribution in [0.3, 0.4) is 0 Å².